The highest BCUT2D eigenvalue weighted by Gasteiger charge is 2.40. The molecule has 5 rings (SSSR count). The Kier molecular flexibility index (Phi) is 7.77. The van der Waals surface area contributed by atoms with Gasteiger partial charge in [0.25, 0.3) is 5.91 Å². The van der Waals surface area contributed by atoms with Crippen LogP contribution in [0.3, 0.4) is 0 Å². The molecule has 1 aromatic heterocycles. The maximum Gasteiger partial charge on any atom is 0.270 e. The van der Waals surface area contributed by atoms with E-state index in [1.54, 1.807) is 25.1 Å². The van der Waals surface area contributed by atoms with Crippen molar-refractivity contribution in [2.75, 3.05) is 13.1 Å². The number of carbonyl (C=O) groups excluding carboxylic acids is 3. The summed E-state index contributed by atoms with van der Waals surface area (Å²) in [6, 6.07) is 10.4. The van der Waals surface area contributed by atoms with Gasteiger partial charge >= 0.3 is 0 Å². The van der Waals surface area contributed by atoms with Crippen LogP contribution in [0.5, 0.6) is 5.75 Å². The summed E-state index contributed by atoms with van der Waals surface area (Å²) in [7, 11) is 0. The fourth-order valence-corrected chi connectivity index (χ4v) is 4.98. The van der Waals surface area contributed by atoms with E-state index in [-0.39, 0.29) is 24.4 Å². The number of phenolic OH excluding ortho intramolecular Hbond substituents is 1. The Morgan fingerprint density at radius 1 is 1.18 bits per heavy atom. The summed E-state index contributed by atoms with van der Waals surface area (Å²) in [5, 5.41) is 16.3. The first kappa shape index (κ1) is 27.2. The van der Waals surface area contributed by atoms with Gasteiger partial charge in [-0.2, -0.15) is 0 Å². The summed E-state index contributed by atoms with van der Waals surface area (Å²) in [5.74, 6) is -1.65. The average molecular weight is 549 g/mol. The third-order valence-electron chi connectivity index (χ3n) is 7.24. The number of nitrogens with zero attached hydrogens (tertiary/aromatic N) is 2. The number of allylic oxidation sites excluding steroid dienone is 1. The number of amides is 3. The van der Waals surface area contributed by atoms with Crippen LogP contribution in [0.4, 0.5) is 8.78 Å². The number of benzene rings is 2. The predicted molar refractivity (Wildman–Crippen MR) is 145 cm³/mol. The zero-order chi connectivity index (χ0) is 28.4. The number of hydrogen-bond acceptors (Lipinski definition) is 5. The van der Waals surface area contributed by atoms with E-state index in [1.807, 2.05) is 12.1 Å². The van der Waals surface area contributed by atoms with Crippen LogP contribution in [0.2, 0.25) is 0 Å². The minimum absolute atomic E-state index is 0.0311. The zero-order valence-corrected chi connectivity index (χ0v) is 21.9. The highest BCUT2D eigenvalue weighted by Crippen LogP contribution is 2.34. The SMILES string of the molecule is C[C@H](NC(=O)[C@@H]1C[C@@H](F)CN1C(=O)CNC(=O)c1ccc2cc(F)ccc2n1)c1c(O)cccc1/C=C/C1CC1. The number of alkyl halides is 1. The first-order chi connectivity index (χ1) is 19.2. The molecule has 0 bridgehead atoms. The minimum Gasteiger partial charge on any atom is -0.508 e. The van der Waals surface area contributed by atoms with Crippen molar-refractivity contribution in [1.29, 1.82) is 0 Å². The van der Waals surface area contributed by atoms with E-state index < -0.39 is 48.3 Å². The van der Waals surface area contributed by atoms with Crippen LogP contribution in [-0.2, 0) is 9.59 Å². The fraction of sp³-hybridized carbons (Fsp3) is 0.333. The van der Waals surface area contributed by atoms with E-state index in [1.165, 1.54) is 24.3 Å². The number of nitrogens with one attached hydrogen (secondary N) is 2. The summed E-state index contributed by atoms with van der Waals surface area (Å²) in [4.78, 5) is 44.1. The second kappa shape index (κ2) is 11.4. The van der Waals surface area contributed by atoms with Crippen LogP contribution >= 0.6 is 0 Å². The highest BCUT2D eigenvalue weighted by molar-refractivity contribution is 5.97. The number of rotatable bonds is 8. The smallest absolute Gasteiger partial charge is 0.270 e. The van der Waals surface area contributed by atoms with Gasteiger partial charge in [-0.3, -0.25) is 14.4 Å². The molecule has 208 valence electrons. The molecule has 10 heteroatoms. The van der Waals surface area contributed by atoms with Crippen molar-refractivity contribution < 1.29 is 28.3 Å². The standard InChI is InChI=1S/C30H30F2N4O4/c1-17(28-19(3-2-4-26(28)37)8-7-18-5-6-18)34-30(40)25-14-22(32)16-36(25)27(38)15-33-29(39)24-11-9-20-13-21(31)10-12-23(20)35-24/h2-4,7-13,17-18,22,25,37H,5-6,14-16H2,1H3,(H,33,39)(H,34,40)/b8-7+/t17-,22+,25-/m0/s1. The van der Waals surface area contributed by atoms with Gasteiger partial charge < -0.3 is 20.6 Å². The molecule has 0 radical (unpaired) electrons. The van der Waals surface area contributed by atoms with E-state index in [0.717, 1.165) is 23.3 Å². The van der Waals surface area contributed by atoms with Crippen LogP contribution in [0, 0.1) is 11.7 Å². The van der Waals surface area contributed by atoms with Crippen LogP contribution in [0.1, 0.15) is 53.8 Å². The van der Waals surface area contributed by atoms with Gasteiger partial charge in [0.15, 0.2) is 0 Å². The summed E-state index contributed by atoms with van der Waals surface area (Å²) in [6.07, 6.45) is 4.72. The molecule has 0 spiro atoms. The summed E-state index contributed by atoms with van der Waals surface area (Å²) in [6.45, 7) is 0.997. The predicted octanol–water partition coefficient (Wildman–Crippen LogP) is 4.05. The minimum atomic E-state index is -1.39. The van der Waals surface area contributed by atoms with Crippen molar-refractivity contribution in [3.8, 4) is 5.75 Å². The van der Waals surface area contributed by atoms with Crippen molar-refractivity contribution >= 4 is 34.7 Å². The Morgan fingerprint density at radius 3 is 2.75 bits per heavy atom. The Balaban J connectivity index is 1.23. The van der Waals surface area contributed by atoms with Crippen molar-refractivity contribution in [3.05, 3.63) is 77.2 Å². The van der Waals surface area contributed by atoms with E-state index in [4.69, 9.17) is 0 Å². The molecular formula is C30H30F2N4O4. The molecule has 3 N–H and O–H groups in total. The third kappa shape index (κ3) is 6.11. The monoisotopic (exact) mass is 548 g/mol. The Labute approximate surface area is 230 Å². The van der Waals surface area contributed by atoms with Gasteiger partial charge in [-0.1, -0.05) is 30.4 Å². The van der Waals surface area contributed by atoms with Gasteiger partial charge in [-0.15, -0.1) is 0 Å². The van der Waals surface area contributed by atoms with Crippen molar-refractivity contribution in [1.82, 2.24) is 20.5 Å². The molecule has 0 unspecified atom stereocenters. The number of fused-ring (bicyclic) bond motifs is 1. The number of carbonyl (C=O) groups is 3. The second-order valence-electron chi connectivity index (χ2n) is 10.3. The topological polar surface area (TPSA) is 112 Å². The van der Waals surface area contributed by atoms with Crippen LogP contribution in [-0.4, -0.2) is 58.0 Å². The first-order valence-corrected chi connectivity index (χ1v) is 13.3. The molecule has 2 aromatic carbocycles. The molecule has 2 fully saturated rings. The Bertz CT molecular complexity index is 1490. The highest BCUT2D eigenvalue weighted by atomic mass is 19.1. The molecule has 1 aliphatic carbocycles. The van der Waals surface area contributed by atoms with Crippen molar-refractivity contribution in [3.63, 3.8) is 0 Å². The van der Waals surface area contributed by atoms with Crippen LogP contribution in [0.25, 0.3) is 17.0 Å². The maximum absolute atomic E-state index is 14.4. The summed E-state index contributed by atoms with van der Waals surface area (Å²) >= 11 is 0. The number of phenols is 1. The number of pyridine rings is 1. The lowest BCUT2D eigenvalue weighted by atomic mass is 9.99. The van der Waals surface area contributed by atoms with Gasteiger partial charge in [0.05, 0.1) is 24.6 Å². The molecule has 1 aliphatic heterocycles. The Morgan fingerprint density at radius 2 is 1.98 bits per heavy atom. The molecule has 8 nitrogen and oxygen atoms in total. The molecule has 40 heavy (non-hydrogen) atoms. The lowest BCUT2D eigenvalue weighted by molar-refractivity contribution is -0.138. The van der Waals surface area contributed by atoms with Gasteiger partial charge in [0.2, 0.25) is 11.8 Å². The zero-order valence-electron chi connectivity index (χ0n) is 21.9. The molecule has 3 aromatic rings. The number of halogens is 2. The number of hydrogen-bond donors (Lipinski definition) is 3. The van der Waals surface area contributed by atoms with E-state index >= 15 is 0 Å². The molecule has 1 saturated heterocycles. The normalized spacial score (nSPS) is 19.6. The average Bonchev–Trinajstić information content (AvgIpc) is 3.68. The van der Waals surface area contributed by atoms with E-state index in [9.17, 15) is 28.3 Å². The molecule has 2 heterocycles. The third-order valence-corrected chi connectivity index (χ3v) is 7.24. The molecule has 2 aliphatic rings. The van der Waals surface area contributed by atoms with Gasteiger partial charge in [-0.25, -0.2) is 13.8 Å². The number of aromatic nitrogens is 1. The molecular weight excluding hydrogens is 518 g/mol. The van der Waals surface area contributed by atoms with Crippen LogP contribution < -0.4 is 10.6 Å². The largest absolute Gasteiger partial charge is 0.508 e. The molecule has 3 amide bonds. The molecule has 3 atom stereocenters. The maximum atomic E-state index is 14.4. The second-order valence-corrected chi connectivity index (χ2v) is 10.3. The number of aromatic hydroxyl groups is 1. The Hall–Kier alpha value is -4.34. The molecule has 1 saturated carbocycles. The van der Waals surface area contributed by atoms with Crippen LogP contribution in [0.15, 0.2) is 54.6 Å². The van der Waals surface area contributed by atoms with E-state index in [0.29, 0.717) is 22.4 Å². The van der Waals surface area contributed by atoms with Gasteiger partial charge in [-0.05, 0) is 61.6 Å². The lowest BCUT2D eigenvalue weighted by Gasteiger charge is -2.26. The lowest BCUT2D eigenvalue weighted by Crippen LogP contribution is -2.49. The van der Waals surface area contributed by atoms with Gasteiger partial charge in [0, 0.05) is 17.4 Å². The fourth-order valence-electron chi connectivity index (χ4n) is 4.98. The van der Waals surface area contributed by atoms with Crippen molar-refractivity contribution in [2.24, 2.45) is 5.92 Å². The summed E-state index contributed by atoms with van der Waals surface area (Å²) in [5.41, 5.74) is 1.77. The van der Waals surface area contributed by atoms with E-state index in [2.05, 4.69) is 21.7 Å². The van der Waals surface area contributed by atoms with Gasteiger partial charge in [0.1, 0.15) is 29.5 Å². The number of likely N-dealkylation sites (tertiary alicyclic amines) is 1. The van der Waals surface area contributed by atoms with Crippen molar-refractivity contribution in [2.45, 2.75) is 44.4 Å². The first-order valence-electron chi connectivity index (χ1n) is 13.3. The summed E-state index contributed by atoms with van der Waals surface area (Å²) < 4.78 is 27.8. The quantitative estimate of drug-likeness (QED) is 0.393.